The molecule has 0 aliphatic carbocycles. The van der Waals surface area contributed by atoms with Gasteiger partial charge in [-0.2, -0.15) is 5.26 Å². The molecule has 2 aliphatic heterocycles. The zero-order chi connectivity index (χ0) is 18.1. The molecule has 2 aromatic rings. The molecule has 0 saturated carbocycles. The van der Waals surface area contributed by atoms with Gasteiger partial charge in [0.05, 0.1) is 25.9 Å². The molecule has 2 aromatic carbocycles. The van der Waals surface area contributed by atoms with Crippen LogP contribution in [-0.4, -0.2) is 27.8 Å². The molecule has 0 aromatic heterocycles. The SMILES string of the molecule is COc1cc(/C=C(\C#N)c2cc(OC)c3c(c2)OCO3)cc2c1OCO2. The van der Waals surface area contributed by atoms with Gasteiger partial charge in [-0.15, -0.1) is 0 Å². The summed E-state index contributed by atoms with van der Waals surface area (Å²) in [5.74, 6) is 3.29. The highest BCUT2D eigenvalue weighted by Crippen LogP contribution is 2.44. The van der Waals surface area contributed by atoms with Crippen LogP contribution >= 0.6 is 0 Å². The van der Waals surface area contributed by atoms with Gasteiger partial charge in [0.25, 0.3) is 0 Å². The molecule has 0 spiro atoms. The number of ether oxygens (including phenoxy) is 6. The van der Waals surface area contributed by atoms with E-state index in [1.807, 2.05) is 0 Å². The van der Waals surface area contributed by atoms with Crippen LogP contribution < -0.4 is 28.4 Å². The van der Waals surface area contributed by atoms with Gasteiger partial charge in [0.2, 0.25) is 25.1 Å². The van der Waals surface area contributed by atoms with Crippen LogP contribution in [0.15, 0.2) is 24.3 Å². The second-order valence-electron chi connectivity index (χ2n) is 5.54. The van der Waals surface area contributed by atoms with Gasteiger partial charge in [-0.25, -0.2) is 0 Å². The van der Waals surface area contributed by atoms with Crippen molar-refractivity contribution >= 4 is 11.6 Å². The number of nitrogens with zero attached hydrogens (tertiary/aromatic N) is 1. The summed E-state index contributed by atoms with van der Waals surface area (Å²) in [7, 11) is 3.10. The third kappa shape index (κ3) is 2.62. The molecular weight excluding hydrogens is 338 g/mol. The van der Waals surface area contributed by atoms with Crippen molar-refractivity contribution in [2.75, 3.05) is 27.8 Å². The van der Waals surface area contributed by atoms with Crippen molar-refractivity contribution < 1.29 is 28.4 Å². The molecule has 4 rings (SSSR count). The highest BCUT2D eigenvalue weighted by Gasteiger charge is 2.22. The molecule has 0 atom stereocenters. The number of benzene rings is 2. The van der Waals surface area contributed by atoms with Crippen molar-refractivity contribution in [3.05, 3.63) is 35.4 Å². The number of nitriles is 1. The van der Waals surface area contributed by atoms with Crippen molar-refractivity contribution in [2.24, 2.45) is 0 Å². The smallest absolute Gasteiger partial charge is 0.231 e. The van der Waals surface area contributed by atoms with Gasteiger partial charge in [0, 0.05) is 0 Å². The zero-order valence-corrected chi connectivity index (χ0v) is 14.2. The molecule has 0 radical (unpaired) electrons. The minimum Gasteiger partial charge on any atom is -0.493 e. The summed E-state index contributed by atoms with van der Waals surface area (Å²) in [4.78, 5) is 0. The van der Waals surface area contributed by atoms with Crippen LogP contribution in [0.1, 0.15) is 11.1 Å². The van der Waals surface area contributed by atoms with Crippen LogP contribution in [0.3, 0.4) is 0 Å². The van der Waals surface area contributed by atoms with Gasteiger partial charge in [0.15, 0.2) is 23.0 Å². The third-order valence-corrected chi connectivity index (χ3v) is 4.08. The number of hydrogen-bond donors (Lipinski definition) is 0. The minimum atomic E-state index is 0.125. The second kappa shape index (κ2) is 6.41. The number of methoxy groups -OCH3 is 2. The third-order valence-electron chi connectivity index (χ3n) is 4.08. The maximum absolute atomic E-state index is 9.65. The van der Waals surface area contributed by atoms with E-state index in [1.165, 1.54) is 0 Å². The van der Waals surface area contributed by atoms with Crippen molar-refractivity contribution in [2.45, 2.75) is 0 Å². The number of allylic oxidation sites excluding steroid dienone is 1. The maximum atomic E-state index is 9.65. The van der Waals surface area contributed by atoms with Gasteiger partial charge in [-0.3, -0.25) is 0 Å². The summed E-state index contributed by atoms with van der Waals surface area (Å²) in [5.41, 5.74) is 1.84. The predicted molar refractivity (Wildman–Crippen MR) is 91.7 cm³/mol. The topological polar surface area (TPSA) is 79.2 Å². The summed E-state index contributed by atoms with van der Waals surface area (Å²) in [6.45, 7) is 0.267. The van der Waals surface area contributed by atoms with E-state index < -0.39 is 0 Å². The Balaban J connectivity index is 1.78. The van der Waals surface area contributed by atoms with Gasteiger partial charge in [-0.1, -0.05) is 0 Å². The number of fused-ring (bicyclic) bond motifs is 2. The largest absolute Gasteiger partial charge is 0.493 e. The minimum absolute atomic E-state index is 0.125. The van der Waals surface area contributed by atoms with Crippen molar-refractivity contribution in [3.8, 4) is 40.6 Å². The van der Waals surface area contributed by atoms with Crippen LogP contribution in [0.25, 0.3) is 11.6 Å². The quantitative estimate of drug-likeness (QED) is 0.617. The summed E-state index contributed by atoms with van der Waals surface area (Å²) >= 11 is 0. The van der Waals surface area contributed by atoms with Crippen LogP contribution in [0.5, 0.6) is 34.5 Å². The fraction of sp³-hybridized carbons (Fsp3) is 0.211. The first kappa shape index (κ1) is 16.0. The summed E-state index contributed by atoms with van der Waals surface area (Å²) < 4.78 is 32.3. The summed E-state index contributed by atoms with van der Waals surface area (Å²) in [6.07, 6.45) is 1.74. The van der Waals surface area contributed by atoms with E-state index in [0.717, 1.165) is 5.56 Å². The fourth-order valence-corrected chi connectivity index (χ4v) is 2.87. The van der Waals surface area contributed by atoms with Crippen LogP contribution in [0.2, 0.25) is 0 Å². The fourth-order valence-electron chi connectivity index (χ4n) is 2.87. The van der Waals surface area contributed by atoms with Crippen molar-refractivity contribution in [1.29, 1.82) is 5.26 Å². The normalized spacial score (nSPS) is 14.1. The number of rotatable bonds is 4. The van der Waals surface area contributed by atoms with Crippen LogP contribution in [0, 0.1) is 11.3 Å². The molecular formula is C19H15NO6. The van der Waals surface area contributed by atoms with Crippen molar-refractivity contribution in [3.63, 3.8) is 0 Å². The lowest BCUT2D eigenvalue weighted by Crippen LogP contribution is -1.93. The first-order valence-electron chi connectivity index (χ1n) is 7.81. The van der Waals surface area contributed by atoms with E-state index in [0.29, 0.717) is 45.6 Å². The zero-order valence-electron chi connectivity index (χ0n) is 14.2. The highest BCUT2D eigenvalue weighted by atomic mass is 16.7. The Kier molecular flexibility index (Phi) is 3.93. The van der Waals surface area contributed by atoms with Crippen LogP contribution in [-0.2, 0) is 0 Å². The molecule has 0 bridgehead atoms. The molecule has 2 aliphatic rings. The lowest BCUT2D eigenvalue weighted by Gasteiger charge is -2.09. The van der Waals surface area contributed by atoms with E-state index >= 15 is 0 Å². The molecule has 2 heterocycles. The van der Waals surface area contributed by atoms with Crippen molar-refractivity contribution in [1.82, 2.24) is 0 Å². The van der Waals surface area contributed by atoms with E-state index in [4.69, 9.17) is 28.4 Å². The Hall–Kier alpha value is -3.53. The monoisotopic (exact) mass is 353 g/mol. The molecule has 7 heteroatoms. The Bertz CT molecular complexity index is 944. The predicted octanol–water partition coefficient (Wildman–Crippen LogP) is 3.23. The number of hydrogen-bond acceptors (Lipinski definition) is 7. The molecule has 7 nitrogen and oxygen atoms in total. The molecule has 0 fully saturated rings. The van der Waals surface area contributed by atoms with Crippen LogP contribution in [0.4, 0.5) is 0 Å². The first-order chi connectivity index (χ1) is 12.7. The lowest BCUT2D eigenvalue weighted by atomic mass is 10.0. The Labute approximate surface area is 149 Å². The average Bonchev–Trinajstić information content (AvgIpc) is 3.33. The van der Waals surface area contributed by atoms with Gasteiger partial charge in [0.1, 0.15) is 0 Å². The Morgan fingerprint density at radius 3 is 2.15 bits per heavy atom. The van der Waals surface area contributed by atoms with E-state index in [1.54, 1.807) is 44.6 Å². The van der Waals surface area contributed by atoms with Gasteiger partial charge >= 0.3 is 0 Å². The molecule has 132 valence electrons. The maximum Gasteiger partial charge on any atom is 0.231 e. The first-order valence-corrected chi connectivity index (χ1v) is 7.81. The molecule has 26 heavy (non-hydrogen) atoms. The van der Waals surface area contributed by atoms with E-state index in [-0.39, 0.29) is 13.6 Å². The Morgan fingerprint density at radius 1 is 0.923 bits per heavy atom. The lowest BCUT2D eigenvalue weighted by molar-refractivity contribution is 0.171. The Morgan fingerprint density at radius 2 is 1.54 bits per heavy atom. The second-order valence-corrected chi connectivity index (χ2v) is 5.54. The van der Waals surface area contributed by atoms with E-state index in [2.05, 4.69) is 6.07 Å². The molecule has 0 N–H and O–H groups in total. The molecule has 0 unspecified atom stereocenters. The van der Waals surface area contributed by atoms with E-state index in [9.17, 15) is 5.26 Å². The summed E-state index contributed by atoms with van der Waals surface area (Å²) in [6, 6.07) is 9.29. The average molecular weight is 353 g/mol. The van der Waals surface area contributed by atoms with Gasteiger partial charge < -0.3 is 28.4 Å². The molecule has 0 saturated heterocycles. The standard InChI is InChI=1S/C19H15NO6/c1-21-14-4-11(5-16-18(14)25-9-23-16)3-13(8-20)12-6-15(22-2)19-17(7-12)24-10-26-19/h3-7H,9-10H2,1-2H3/b13-3+. The molecule has 0 amide bonds. The highest BCUT2D eigenvalue weighted by molar-refractivity contribution is 5.91. The van der Waals surface area contributed by atoms with Gasteiger partial charge in [-0.05, 0) is 41.5 Å². The summed E-state index contributed by atoms with van der Waals surface area (Å²) in [5, 5.41) is 9.65.